The van der Waals surface area contributed by atoms with Gasteiger partial charge < -0.3 is 29.4 Å². The number of nitrogens with zero attached hydrogens (tertiary/aromatic N) is 8. The van der Waals surface area contributed by atoms with Crippen LogP contribution in [-0.2, 0) is 34.3 Å². The van der Waals surface area contributed by atoms with Gasteiger partial charge in [-0.2, -0.15) is 0 Å². The summed E-state index contributed by atoms with van der Waals surface area (Å²) in [5, 5.41) is 11.4. The Hall–Kier alpha value is -5.29. The molecule has 0 aliphatic rings. The van der Waals surface area contributed by atoms with Gasteiger partial charge in [-0.25, -0.2) is 19.3 Å². The Morgan fingerprint density at radius 3 is 2.51 bits per heavy atom. The van der Waals surface area contributed by atoms with E-state index in [0.717, 1.165) is 61.1 Å². The molecule has 1 aromatic carbocycles. The van der Waals surface area contributed by atoms with E-state index in [-0.39, 0.29) is 24.6 Å². The molecule has 14 nitrogen and oxygen atoms in total. The highest BCUT2D eigenvalue weighted by atomic mass is 16.6. The maximum absolute atomic E-state index is 12.9. The van der Waals surface area contributed by atoms with Gasteiger partial charge in [0, 0.05) is 58.3 Å². The summed E-state index contributed by atoms with van der Waals surface area (Å²) in [7, 11) is 7.16. The molecule has 0 aliphatic heterocycles. The van der Waals surface area contributed by atoms with Crippen molar-refractivity contribution in [2.75, 3.05) is 45.7 Å². The number of amides is 1. The van der Waals surface area contributed by atoms with Crippen LogP contribution in [0.4, 0.5) is 10.6 Å². The molecular formula is C39H55N9O5. The summed E-state index contributed by atoms with van der Waals surface area (Å²) in [5.74, 6) is 7.25. The molecule has 1 N–H and O–H groups in total. The Kier molecular flexibility index (Phi) is 16.4. The predicted octanol–water partition coefficient (Wildman–Crippen LogP) is 4.39. The van der Waals surface area contributed by atoms with Gasteiger partial charge in [-0.05, 0) is 97.8 Å². The van der Waals surface area contributed by atoms with Crippen LogP contribution in [0.3, 0.4) is 0 Å². The highest BCUT2D eigenvalue weighted by Gasteiger charge is 2.21. The number of pyridine rings is 1. The van der Waals surface area contributed by atoms with Gasteiger partial charge in [0.25, 0.3) is 0 Å². The van der Waals surface area contributed by atoms with Crippen molar-refractivity contribution in [1.29, 1.82) is 0 Å². The van der Waals surface area contributed by atoms with Crippen molar-refractivity contribution in [1.82, 2.24) is 39.3 Å². The van der Waals surface area contributed by atoms with Crippen LogP contribution in [0.1, 0.15) is 82.8 Å². The molecule has 3 aromatic heterocycles. The zero-order valence-corrected chi connectivity index (χ0v) is 32.5. The number of nitrogens with one attached hydrogen (secondary N) is 1. The van der Waals surface area contributed by atoms with E-state index in [4.69, 9.17) is 9.72 Å². The first kappa shape index (κ1) is 42.1. The Morgan fingerprint density at radius 1 is 1.08 bits per heavy atom. The van der Waals surface area contributed by atoms with Crippen LogP contribution < -0.4 is 15.9 Å². The van der Waals surface area contributed by atoms with E-state index < -0.39 is 11.6 Å². The number of hydrogen-bond donors (Lipinski definition) is 1. The quantitative estimate of drug-likeness (QED) is 0.100. The third-order valence-corrected chi connectivity index (χ3v) is 8.19. The second kappa shape index (κ2) is 20.7. The molecule has 4 aromatic rings. The fourth-order valence-electron chi connectivity index (χ4n) is 5.51. The normalized spacial score (nSPS) is 11.5. The number of anilines is 1. The summed E-state index contributed by atoms with van der Waals surface area (Å²) in [6, 6.07) is 10.7. The van der Waals surface area contributed by atoms with Crippen LogP contribution in [0.15, 0.2) is 47.4 Å². The number of ether oxygens (including phenoxy) is 1. The lowest BCUT2D eigenvalue weighted by Crippen LogP contribution is -2.39. The number of aromatic nitrogens is 6. The van der Waals surface area contributed by atoms with Crippen molar-refractivity contribution < 1.29 is 19.1 Å². The summed E-state index contributed by atoms with van der Waals surface area (Å²) in [6.07, 6.45) is 6.87. The van der Waals surface area contributed by atoms with Crippen LogP contribution in [0.25, 0.3) is 11.0 Å². The number of rotatable bonds is 16. The van der Waals surface area contributed by atoms with E-state index in [9.17, 15) is 19.2 Å². The van der Waals surface area contributed by atoms with Crippen LogP contribution in [0.5, 0.6) is 0 Å². The van der Waals surface area contributed by atoms with Crippen LogP contribution in [0, 0.1) is 11.8 Å². The lowest BCUT2D eigenvalue weighted by atomic mass is 10.1. The van der Waals surface area contributed by atoms with Crippen molar-refractivity contribution in [2.45, 2.75) is 84.4 Å². The molecule has 14 heteroatoms. The summed E-state index contributed by atoms with van der Waals surface area (Å²) < 4.78 is 10.2. The van der Waals surface area contributed by atoms with Gasteiger partial charge in [0.1, 0.15) is 24.0 Å². The molecule has 4 rings (SSSR count). The van der Waals surface area contributed by atoms with Gasteiger partial charge in [-0.15, -0.1) is 5.10 Å². The van der Waals surface area contributed by atoms with E-state index in [1.165, 1.54) is 9.13 Å². The molecule has 0 saturated carbocycles. The molecule has 0 fully saturated rings. The van der Waals surface area contributed by atoms with Gasteiger partial charge in [0.2, 0.25) is 0 Å². The van der Waals surface area contributed by atoms with Gasteiger partial charge in [0.15, 0.2) is 0 Å². The second-order valence-electron chi connectivity index (χ2n) is 13.7. The molecule has 1 amide bonds. The molecule has 1 atom stereocenters. The number of hydrogen-bond acceptors (Lipinski definition) is 10. The van der Waals surface area contributed by atoms with Crippen molar-refractivity contribution >= 4 is 35.5 Å². The lowest BCUT2D eigenvalue weighted by molar-refractivity contribution is -0.111. The van der Waals surface area contributed by atoms with Crippen molar-refractivity contribution in [2.24, 2.45) is 7.05 Å². The Bertz CT molecular complexity index is 1910. The van der Waals surface area contributed by atoms with Crippen LogP contribution >= 0.6 is 0 Å². The topological polar surface area (TPSA) is 149 Å². The first-order valence-corrected chi connectivity index (χ1v) is 18.1. The number of carbonyl (C=O) groups is 3. The zero-order chi connectivity index (χ0) is 39.0. The first-order chi connectivity index (χ1) is 25.3. The Labute approximate surface area is 312 Å². The molecule has 0 saturated heterocycles. The SMILES string of the molecule is CCN(CCN(C)C(=O)OC(C)(C)C)c1cccc(Cn2cc(CCCCC#Cc3ccc4c(c3)n(C)c(=O)n4C(C=O)CCC=O)nn2)n1.CNC. The van der Waals surface area contributed by atoms with E-state index in [1.54, 1.807) is 29.7 Å². The van der Waals surface area contributed by atoms with Crippen molar-refractivity contribution in [3.63, 3.8) is 0 Å². The van der Waals surface area contributed by atoms with Gasteiger partial charge >= 0.3 is 11.8 Å². The lowest BCUT2D eigenvalue weighted by Gasteiger charge is -2.28. The highest BCUT2D eigenvalue weighted by molar-refractivity contribution is 5.79. The first-order valence-electron chi connectivity index (χ1n) is 18.1. The molecule has 3 heterocycles. The average Bonchev–Trinajstić information content (AvgIpc) is 3.67. The third kappa shape index (κ3) is 12.7. The molecule has 0 bridgehead atoms. The number of likely N-dealkylation sites (N-methyl/N-ethyl adjacent to an activating group) is 2. The summed E-state index contributed by atoms with van der Waals surface area (Å²) in [6.45, 7) is 10.00. The minimum atomic E-state index is -0.688. The second-order valence-corrected chi connectivity index (χ2v) is 13.7. The van der Waals surface area contributed by atoms with Gasteiger partial charge in [-0.3, -0.25) is 9.13 Å². The number of fused-ring (bicyclic) bond motifs is 1. The molecule has 0 spiro atoms. The van der Waals surface area contributed by atoms with E-state index in [0.29, 0.717) is 37.1 Å². The molecule has 1 unspecified atom stereocenters. The number of carbonyl (C=O) groups excluding carboxylic acids is 3. The van der Waals surface area contributed by atoms with E-state index in [2.05, 4.69) is 39.3 Å². The summed E-state index contributed by atoms with van der Waals surface area (Å²) in [5.41, 5.74) is 3.06. The maximum atomic E-state index is 12.9. The van der Waals surface area contributed by atoms with Crippen LogP contribution in [0.2, 0.25) is 0 Å². The minimum Gasteiger partial charge on any atom is -0.444 e. The fourth-order valence-corrected chi connectivity index (χ4v) is 5.51. The van der Waals surface area contributed by atoms with E-state index in [1.807, 2.05) is 71.4 Å². The Morgan fingerprint density at radius 2 is 1.83 bits per heavy atom. The Balaban J connectivity index is 0.00000243. The molecule has 0 radical (unpaired) electrons. The number of benzene rings is 1. The zero-order valence-electron chi connectivity index (χ0n) is 32.5. The minimum absolute atomic E-state index is 0.207. The van der Waals surface area contributed by atoms with Crippen molar-refractivity contribution in [3.05, 3.63) is 70.0 Å². The summed E-state index contributed by atoms with van der Waals surface area (Å²) in [4.78, 5) is 56.2. The predicted molar refractivity (Wildman–Crippen MR) is 207 cm³/mol. The summed E-state index contributed by atoms with van der Waals surface area (Å²) >= 11 is 0. The number of aldehydes is 2. The molecule has 53 heavy (non-hydrogen) atoms. The number of unbranched alkanes of at least 4 members (excludes halogenated alkanes) is 2. The standard InChI is InChI=1S/C37H48N8O5.C2H7N/c1-7-43(22-21-41(5)36(49)50-37(2,3)4)34-18-12-16-29(38-34)25-44-26-30(39-40-44)15-11-9-8-10-14-28-19-20-32-33(24-28)42(6)35(48)45(32)31(27-47)17-13-23-46;1-3-2/h12,16,18-20,23-24,26-27,31H,7-9,11,13,15,17,21-22,25H2,1-6H3;3H,1-2H3. The molecular weight excluding hydrogens is 674 g/mol. The fraction of sp³-hybridized carbons (Fsp3) is 0.513. The molecule has 0 aliphatic carbocycles. The smallest absolute Gasteiger partial charge is 0.410 e. The molecule has 286 valence electrons. The highest BCUT2D eigenvalue weighted by Crippen LogP contribution is 2.20. The van der Waals surface area contributed by atoms with Crippen molar-refractivity contribution in [3.8, 4) is 11.8 Å². The average molecular weight is 730 g/mol. The van der Waals surface area contributed by atoms with Gasteiger partial charge in [0.05, 0.1) is 35.0 Å². The maximum Gasteiger partial charge on any atom is 0.410 e. The number of imidazole rings is 1. The van der Waals surface area contributed by atoms with Crippen LogP contribution in [-0.4, -0.2) is 99.1 Å². The largest absolute Gasteiger partial charge is 0.444 e. The monoisotopic (exact) mass is 729 g/mol. The van der Waals surface area contributed by atoms with Gasteiger partial charge in [-0.1, -0.05) is 23.1 Å². The van der Waals surface area contributed by atoms with E-state index >= 15 is 0 Å². The third-order valence-electron chi connectivity index (χ3n) is 8.19. The number of aryl methyl sites for hydroxylation is 2.